The highest BCUT2D eigenvalue weighted by molar-refractivity contribution is 5.85. The fourth-order valence-electron chi connectivity index (χ4n) is 2.86. The lowest BCUT2D eigenvalue weighted by Crippen LogP contribution is -2.50. The Morgan fingerprint density at radius 2 is 2.00 bits per heavy atom. The minimum absolute atomic E-state index is 0.0826. The van der Waals surface area contributed by atoms with Gasteiger partial charge in [-0.05, 0) is 32.3 Å². The molecule has 0 spiro atoms. The second kappa shape index (κ2) is 13.6. The van der Waals surface area contributed by atoms with Gasteiger partial charge in [0.2, 0.25) is 5.91 Å². The van der Waals surface area contributed by atoms with E-state index in [9.17, 15) is 9.59 Å². The van der Waals surface area contributed by atoms with E-state index in [1.807, 2.05) is 30.3 Å². The highest BCUT2D eigenvalue weighted by atomic mass is 16.5. The van der Waals surface area contributed by atoms with E-state index >= 15 is 0 Å². The first kappa shape index (κ1) is 26.3. The number of ether oxygens (including phenoxy) is 2. The number of oxazole rings is 1. The summed E-state index contributed by atoms with van der Waals surface area (Å²) in [6, 6.07) is 9.05. The molecule has 10 nitrogen and oxygen atoms in total. The lowest BCUT2D eigenvalue weighted by molar-refractivity contribution is -0.126. The smallest absolute Gasteiger partial charge is 0.407 e. The fourth-order valence-corrected chi connectivity index (χ4v) is 2.86. The zero-order chi connectivity index (χ0) is 24.1. The van der Waals surface area contributed by atoms with E-state index in [-0.39, 0.29) is 25.7 Å². The van der Waals surface area contributed by atoms with Crippen LogP contribution in [0.15, 0.2) is 41.1 Å². The zero-order valence-electron chi connectivity index (χ0n) is 19.2. The minimum atomic E-state index is -1.09. The summed E-state index contributed by atoms with van der Waals surface area (Å²) in [7, 11) is 0. The van der Waals surface area contributed by atoms with Crippen molar-refractivity contribution < 1.29 is 28.6 Å². The van der Waals surface area contributed by atoms with Crippen LogP contribution in [-0.2, 0) is 27.3 Å². The lowest BCUT2D eigenvalue weighted by atomic mass is 10.0. The van der Waals surface area contributed by atoms with Crippen LogP contribution in [0.2, 0.25) is 0 Å². The van der Waals surface area contributed by atoms with Crippen LogP contribution in [0.3, 0.4) is 0 Å². The summed E-state index contributed by atoms with van der Waals surface area (Å²) < 4.78 is 16.6. The largest absolute Gasteiger partial charge is 0.449 e. The van der Waals surface area contributed by atoms with E-state index in [4.69, 9.17) is 24.7 Å². The lowest BCUT2D eigenvalue weighted by Gasteiger charge is -2.23. The Morgan fingerprint density at radius 1 is 1.24 bits per heavy atom. The number of benzene rings is 1. The number of carbonyl (C=O) groups is 2. The van der Waals surface area contributed by atoms with Crippen LogP contribution in [0.25, 0.3) is 0 Å². The summed E-state index contributed by atoms with van der Waals surface area (Å²) in [6.45, 7) is 4.32. The second-order valence-electron chi connectivity index (χ2n) is 8.16. The molecule has 0 fully saturated rings. The Hall–Kier alpha value is -2.95. The van der Waals surface area contributed by atoms with Crippen LogP contribution >= 0.6 is 0 Å². The van der Waals surface area contributed by atoms with Crippen LogP contribution in [0.1, 0.15) is 49.7 Å². The van der Waals surface area contributed by atoms with Crippen molar-refractivity contribution in [1.29, 1.82) is 0 Å². The number of hydrogen-bond donors (Lipinski definition) is 4. The van der Waals surface area contributed by atoms with Gasteiger partial charge in [-0.25, -0.2) is 9.78 Å². The van der Waals surface area contributed by atoms with Gasteiger partial charge in [0.25, 0.3) is 0 Å². The monoisotopic (exact) mass is 462 g/mol. The first-order chi connectivity index (χ1) is 15.8. The third-order valence-electron chi connectivity index (χ3n) is 4.70. The van der Waals surface area contributed by atoms with Crippen LogP contribution in [-0.4, -0.2) is 54.0 Å². The maximum Gasteiger partial charge on any atom is 0.407 e. The molecule has 2 aromatic rings. The number of carbonyl (C=O) groups excluding carboxylic acids is 2. The molecule has 1 unspecified atom stereocenters. The Bertz CT molecular complexity index is 850. The van der Waals surface area contributed by atoms with Crippen molar-refractivity contribution >= 4 is 12.0 Å². The van der Waals surface area contributed by atoms with Crippen molar-refractivity contribution in [3.8, 4) is 0 Å². The van der Waals surface area contributed by atoms with E-state index in [0.29, 0.717) is 43.9 Å². The van der Waals surface area contributed by atoms with Gasteiger partial charge in [0.05, 0.1) is 31.1 Å². The summed E-state index contributed by atoms with van der Waals surface area (Å²) in [5, 5.41) is 14.2. The van der Waals surface area contributed by atoms with Gasteiger partial charge in [-0.1, -0.05) is 30.3 Å². The number of amides is 2. The van der Waals surface area contributed by atoms with Gasteiger partial charge >= 0.3 is 6.09 Å². The standard InChI is InChI=1S/C23H34N4O6/c1-23(2,24)21(29)27-19(15-31-14-17-8-4-3-5-9-17)20-18(26-16-33-20)10-13-32-22(30)25-11-6-7-12-28/h3-5,8-9,16,19,28H,6-7,10-15,24H2,1-2H3,(H,25,30)(H,27,29). The van der Waals surface area contributed by atoms with Crippen molar-refractivity contribution in [3.63, 3.8) is 0 Å². The molecule has 33 heavy (non-hydrogen) atoms. The highest BCUT2D eigenvalue weighted by Crippen LogP contribution is 2.20. The number of aromatic nitrogens is 1. The fraction of sp³-hybridized carbons (Fsp3) is 0.522. The molecule has 0 aliphatic rings. The summed E-state index contributed by atoms with van der Waals surface area (Å²) in [5.41, 5.74) is 6.39. The molecule has 5 N–H and O–H groups in total. The highest BCUT2D eigenvalue weighted by Gasteiger charge is 2.28. The molecule has 10 heteroatoms. The SMILES string of the molecule is CC(C)(N)C(=O)NC(COCc1ccccc1)c1ocnc1CCOC(=O)NCCCCO. The van der Waals surface area contributed by atoms with Crippen molar-refractivity contribution in [2.24, 2.45) is 5.73 Å². The predicted molar refractivity (Wildman–Crippen MR) is 121 cm³/mol. The Morgan fingerprint density at radius 3 is 2.70 bits per heavy atom. The number of nitrogens with zero attached hydrogens (tertiary/aromatic N) is 1. The molecule has 1 atom stereocenters. The van der Waals surface area contributed by atoms with Gasteiger partial charge < -0.3 is 35.4 Å². The molecule has 0 radical (unpaired) electrons. The number of nitrogens with two attached hydrogens (primary N) is 1. The third kappa shape index (κ3) is 9.60. The van der Waals surface area contributed by atoms with Crippen molar-refractivity contribution in [2.75, 3.05) is 26.4 Å². The number of alkyl carbamates (subject to hydrolysis) is 1. The normalized spacial score (nSPS) is 12.2. The van der Waals surface area contributed by atoms with Crippen molar-refractivity contribution in [2.45, 2.75) is 51.3 Å². The van der Waals surface area contributed by atoms with E-state index in [0.717, 1.165) is 5.56 Å². The second-order valence-corrected chi connectivity index (χ2v) is 8.16. The average molecular weight is 463 g/mol. The molecule has 182 valence electrons. The summed E-state index contributed by atoms with van der Waals surface area (Å²) in [5.74, 6) is 0.0595. The van der Waals surface area contributed by atoms with Crippen molar-refractivity contribution in [1.82, 2.24) is 15.6 Å². The summed E-state index contributed by atoms with van der Waals surface area (Å²) in [4.78, 5) is 28.5. The molecule has 2 rings (SSSR count). The number of aliphatic hydroxyl groups excluding tert-OH is 1. The summed E-state index contributed by atoms with van der Waals surface area (Å²) >= 11 is 0. The Balaban J connectivity index is 1.96. The van der Waals surface area contributed by atoms with Crippen LogP contribution < -0.4 is 16.4 Å². The molecule has 0 bridgehead atoms. The number of rotatable bonds is 14. The molecular formula is C23H34N4O6. The first-order valence-corrected chi connectivity index (χ1v) is 11.0. The number of unbranched alkanes of at least 4 members (excludes halogenated alkanes) is 1. The van der Waals surface area contributed by atoms with E-state index in [2.05, 4.69) is 15.6 Å². The maximum absolute atomic E-state index is 12.5. The predicted octanol–water partition coefficient (Wildman–Crippen LogP) is 1.83. The maximum atomic E-state index is 12.5. The Kier molecular flexibility index (Phi) is 10.8. The van der Waals surface area contributed by atoms with Gasteiger partial charge in [-0.3, -0.25) is 4.79 Å². The van der Waals surface area contributed by atoms with E-state index in [1.54, 1.807) is 13.8 Å². The molecular weight excluding hydrogens is 428 g/mol. The molecule has 0 saturated heterocycles. The van der Waals surface area contributed by atoms with E-state index < -0.39 is 17.7 Å². The van der Waals surface area contributed by atoms with E-state index in [1.165, 1.54) is 6.39 Å². The topological polar surface area (TPSA) is 149 Å². The quantitative estimate of drug-likeness (QED) is 0.311. The van der Waals surface area contributed by atoms with Crippen molar-refractivity contribution in [3.05, 3.63) is 53.7 Å². The molecule has 0 aliphatic heterocycles. The number of aliphatic hydroxyl groups is 1. The number of nitrogens with one attached hydrogen (secondary N) is 2. The molecule has 0 aliphatic carbocycles. The number of hydrogen-bond acceptors (Lipinski definition) is 8. The van der Waals surface area contributed by atoms with Gasteiger partial charge in [0, 0.05) is 19.6 Å². The van der Waals surface area contributed by atoms with Gasteiger partial charge in [-0.15, -0.1) is 0 Å². The Labute approximate surface area is 193 Å². The zero-order valence-corrected chi connectivity index (χ0v) is 19.2. The molecule has 1 aromatic heterocycles. The molecule has 1 aromatic carbocycles. The van der Waals surface area contributed by atoms with Crippen LogP contribution in [0, 0.1) is 0 Å². The molecule has 0 saturated carbocycles. The first-order valence-electron chi connectivity index (χ1n) is 11.0. The average Bonchev–Trinajstić information content (AvgIpc) is 3.24. The third-order valence-corrected chi connectivity index (χ3v) is 4.70. The van der Waals surface area contributed by atoms with Crippen LogP contribution in [0.5, 0.6) is 0 Å². The molecule has 2 amide bonds. The van der Waals surface area contributed by atoms with Gasteiger partial charge in [-0.2, -0.15) is 0 Å². The minimum Gasteiger partial charge on any atom is -0.449 e. The van der Waals surface area contributed by atoms with Gasteiger partial charge in [0.15, 0.2) is 12.2 Å². The molecule has 1 heterocycles. The summed E-state index contributed by atoms with van der Waals surface area (Å²) in [6.07, 6.45) is 2.32. The van der Waals surface area contributed by atoms with Crippen LogP contribution in [0.4, 0.5) is 4.79 Å². The van der Waals surface area contributed by atoms with Gasteiger partial charge in [0.1, 0.15) is 6.04 Å².